The molecule has 0 heterocycles. The summed E-state index contributed by atoms with van der Waals surface area (Å²) in [4.78, 5) is 10.6. The Morgan fingerprint density at radius 2 is 2.30 bits per heavy atom. The van der Waals surface area contributed by atoms with Crippen molar-refractivity contribution in [3.05, 3.63) is 0 Å². The van der Waals surface area contributed by atoms with Crippen molar-refractivity contribution in [3.8, 4) is 0 Å². The summed E-state index contributed by atoms with van der Waals surface area (Å²) in [5.74, 6) is -0.672. The van der Waals surface area contributed by atoms with Crippen molar-refractivity contribution in [3.63, 3.8) is 0 Å². The molecule has 0 fully saturated rings. The van der Waals surface area contributed by atoms with Gasteiger partial charge in [-0.1, -0.05) is 6.92 Å². The van der Waals surface area contributed by atoms with Crippen LogP contribution < -0.4 is 5.73 Å². The summed E-state index contributed by atoms with van der Waals surface area (Å²) >= 11 is 0. The number of aliphatic hydroxyl groups excluding tert-OH is 1. The standard InChI is InChI=1S/C6H13NO3/c1-3-4(7)5(8)6(9)10-2/h4-5,8H,3,7H2,1-2H3/t4-,5?/m0/s1. The van der Waals surface area contributed by atoms with E-state index >= 15 is 0 Å². The Hall–Kier alpha value is -0.610. The SMILES string of the molecule is CC[C@H](N)C(O)C(=O)OC. The van der Waals surface area contributed by atoms with E-state index in [1.165, 1.54) is 7.11 Å². The predicted molar refractivity (Wildman–Crippen MR) is 36.3 cm³/mol. The minimum atomic E-state index is -1.19. The predicted octanol–water partition coefficient (Wildman–Crippen LogP) is -0.742. The van der Waals surface area contributed by atoms with E-state index in [9.17, 15) is 4.79 Å². The summed E-state index contributed by atoms with van der Waals surface area (Å²) in [6, 6.07) is -0.521. The van der Waals surface area contributed by atoms with Crippen LogP contribution in [-0.4, -0.2) is 30.3 Å². The van der Waals surface area contributed by atoms with E-state index in [1.54, 1.807) is 6.92 Å². The lowest BCUT2D eigenvalue weighted by Gasteiger charge is -2.13. The van der Waals surface area contributed by atoms with Crippen molar-refractivity contribution in [2.75, 3.05) is 7.11 Å². The highest BCUT2D eigenvalue weighted by atomic mass is 16.5. The highest BCUT2D eigenvalue weighted by Gasteiger charge is 2.21. The van der Waals surface area contributed by atoms with Crippen LogP contribution in [0.1, 0.15) is 13.3 Å². The average molecular weight is 147 g/mol. The molecule has 0 radical (unpaired) electrons. The molecule has 0 aromatic heterocycles. The van der Waals surface area contributed by atoms with Gasteiger partial charge in [-0.3, -0.25) is 0 Å². The summed E-state index contributed by atoms with van der Waals surface area (Å²) in [5, 5.41) is 8.99. The Labute approximate surface area is 60.0 Å². The number of carbonyl (C=O) groups is 1. The first-order valence-electron chi connectivity index (χ1n) is 3.15. The molecule has 60 valence electrons. The number of esters is 1. The van der Waals surface area contributed by atoms with Crippen LogP contribution in [0.25, 0.3) is 0 Å². The average Bonchev–Trinajstić information content (AvgIpc) is 2.00. The van der Waals surface area contributed by atoms with Crippen molar-refractivity contribution in [2.24, 2.45) is 5.73 Å². The summed E-state index contributed by atoms with van der Waals surface area (Å²) in [6.07, 6.45) is -0.633. The van der Waals surface area contributed by atoms with Gasteiger partial charge in [-0.2, -0.15) is 0 Å². The van der Waals surface area contributed by atoms with Gasteiger partial charge in [0.05, 0.1) is 7.11 Å². The van der Waals surface area contributed by atoms with Gasteiger partial charge in [0.25, 0.3) is 0 Å². The van der Waals surface area contributed by atoms with E-state index in [0.717, 1.165) is 0 Å². The number of hydrogen-bond acceptors (Lipinski definition) is 4. The molecule has 0 aliphatic rings. The Bertz CT molecular complexity index is 116. The van der Waals surface area contributed by atoms with Crippen molar-refractivity contribution >= 4 is 5.97 Å². The second-order valence-electron chi connectivity index (χ2n) is 2.04. The highest BCUT2D eigenvalue weighted by Crippen LogP contribution is 1.96. The molecule has 0 amide bonds. The molecule has 0 aliphatic heterocycles. The summed E-state index contributed by atoms with van der Waals surface area (Å²) in [7, 11) is 1.22. The Morgan fingerprint density at radius 3 is 2.60 bits per heavy atom. The first-order valence-corrected chi connectivity index (χ1v) is 3.15. The quantitative estimate of drug-likeness (QED) is 0.515. The van der Waals surface area contributed by atoms with Crippen LogP contribution in [0.4, 0.5) is 0 Å². The van der Waals surface area contributed by atoms with Gasteiger partial charge >= 0.3 is 5.97 Å². The number of carbonyl (C=O) groups excluding carboxylic acids is 1. The van der Waals surface area contributed by atoms with Gasteiger partial charge in [0.2, 0.25) is 0 Å². The molecule has 0 spiro atoms. The number of hydrogen-bond donors (Lipinski definition) is 2. The zero-order valence-electron chi connectivity index (χ0n) is 6.20. The third-order valence-corrected chi connectivity index (χ3v) is 1.32. The van der Waals surface area contributed by atoms with Crippen molar-refractivity contribution in [2.45, 2.75) is 25.5 Å². The molecule has 2 atom stereocenters. The molecule has 4 nitrogen and oxygen atoms in total. The first kappa shape index (κ1) is 9.39. The number of nitrogens with two attached hydrogens (primary N) is 1. The largest absolute Gasteiger partial charge is 0.467 e. The van der Waals surface area contributed by atoms with E-state index in [2.05, 4.69) is 4.74 Å². The highest BCUT2D eigenvalue weighted by molar-refractivity contribution is 5.75. The third kappa shape index (κ3) is 2.33. The number of aliphatic hydroxyl groups is 1. The van der Waals surface area contributed by atoms with E-state index in [1.807, 2.05) is 0 Å². The maximum atomic E-state index is 10.6. The van der Waals surface area contributed by atoms with Gasteiger partial charge in [0.15, 0.2) is 6.10 Å². The normalized spacial score (nSPS) is 16.0. The lowest BCUT2D eigenvalue weighted by Crippen LogP contribution is -2.40. The molecule has 0 saturated carbocycles. The van der Waals surface area contributed by atoms with Crippen LogP contribution in [0.15, 0.2) is 0 Å². The third-order valence-electron chi connectivity index (χ3n) is 1.32. The molecule has 10 heavy (non-hydrogen) atoms. The fourth-order valence-corrected chi connectivity index (χ4v) is 0.519. The van der Waals surface area contributed by atoms with Crippen molar-refractivity contribution in [1.82, 2.24) is 0 Å². The van der Waals surface area contributed by atoms with Crippen LogP contribution in [-0.2, 0) is 9.53 Å². The van der Waals surface area contributed by atoms with Gasteiger partial charge in [-0.15, -0.1) is 0 Å². The monoisotopic (exact) mass is 147 g/mol. The molecular weight excluding hydrogens is 134 g/mol. The van der Waals surface area contributed by atoms with Gasteiger partial charge in [-0.25, -0.2) is 4.79 Å². The van der Waals surface area contributed by atoms with Crippen LogP contribution in [0.2, 0.25) is 0 Å². The Morgan fingerprint density at radius 1 is 1.80 bits per heavy atom. The second kappa shape index (κ2) is 4.24. The van der Waals surface area contributed by atoms with Gasteiger partial charge in [0, 0.05) is 6.04 Å². The smallest absolute Gasteiger partial charge is 0.336 e. The molecular formula is C6H13NO3. The Kier molecular flexibility index (Phi) is 3.99. The fourth-order valence-electron chi connectivity index (χ4n) is 0.519. The van der Waals surface area contributed by atoms with Gasteiger partial charge in [0.1, 0.15) is 0 Å². The number of ether oxygens (including phenoxy) is 1. The van der Waals surface area contributed by atoms with Crippen LogP contribution in [0.5, 0.6) is 0 Å². The van der Waals surface area contributed by atoms with Crippen molar-refractivity contribution in [1.29, 1.82) is 0 Å². The van der Waals surface area contributed by atoms with E-state index in [-0.39, 0.29) is 0 Å². The van der Waals surface area contributed by atoms with E-state index in [0.29, 0.717) is 6.42 Å². The molecule has 0 aromatic rings. The zero-order chi connectivity index (χ0) is 8.15. The fraction of sp³-hybridized carbons (Fsp3) is 0.833. The van der Waals surface area contributed by atoms with Crippen LogP contribution in [0.3, 0.4) is 0 Å². The lowest BCUT2D eigenvalue weighted by atomic mass is 10.1. The molecule has 0 aliphatic carbocycles. The minimum Gasteiger partial charge on any atom is -0.467 e. The van der Waals surface area contributed by atoms with Gasteiger partial charge < -0.3 is 15.6 Å². The van der Waals surface area contributed by atoms with E-state index < -0.39 is 18.1 Å². The molecule has 0 saturated heterocycles. The molecule has 1 unspecified atom stereocenters. The molecule has 0 aromatic carbocycles. The molecule has 0 bridgehead atoms. The van der Waals surface area contributed by atoms with Gasteiger partial charge in [-0.05, 0) is 6.42 Å². The number of methoxy groups -OCH3 is 1. The number of rotatable bonds is 3. The molecule has 0 rings (SSSR count). The minimum absolute atomic E-state index is 0.521. The maximum Gasteiger partial charge on any atom is 0.336 e. The maximum absolute atomic E-state index is 10.6. The summed E-state index contributed by atoms with van der Waals surface area (Å²) in [5.41, 5.74) is 5.34. The molecule has 4 heteroatoms. The second-order valence-corrected chi connectivity index (χ2v) is 2.04. The lowest BCUT2D eigenvalue weighted by molar-refractivity contribution is -0.151. The summed E-state index contributed by atoms with van der Waals surface area (Å²) < 4.78 is 4.27. The Balaban J connectivity index is 3.81. The molecule has 3 N–H and O–H groups in total. The zero-order valence-corrected chi connectivity index (χ0v) is 6.20. The van der Waals surface area contributed by atoms with E-state index in [4.69, 9.17) is 10.8 Å². The first-order chi connectivity index (χ1) is 4.63. The van der Waals surface area contributed by atoms with Crippen LogP contribution >= 0.6 is 0 Å². The van der Waals surface area contributed by atoms with Crippen molar-refractivity contribution < 1.29 is 14.6 Å². The summed E-state index contributed by atoms with van der Waals surface area (Å²) in [6.45, 7) is 1.79. The van der Waals surface area contributed by atoms with Crippen LogP contribution in [0, 0.1) is 0 Å². The topological polar surface area (TPSA) is 72.5 Å².